The highest BCUT2D eigenvalue weighted by molar-refractivity contribution is 5.91. The van der Waals surface area contributed by atoms with E-state index in [4.69, 9.17) is 5.11 Å². The van der Waals surface area contributed by atoms with E-state index in [9.17, 15) is 19.2 Å². The Morgan fingerprint density at radius 1 is 1.22 bits per heavy atom. The minimum absolute atomic E-state index is 0.00176. The minimum Gasteiger partial charge on any atom is -0.477 e. The van der Waals surface area contributed by atoms with Crippen LogP contribution in [0.15, 0.2) is 20.4 Å². The Kier molecular flexibility index (Phi) is 2.43. The van der Waals surface area contributed by atoms with Gasteiger partial charge in [0.2, 0.25) is 0 Å². The van der Waals surface area contributed by atoms with Crippen LogP contribution in [0.25, 0.3) is 11.0 Å². The molecule has 0 saturated carbocycles. The molecule has 0 spiro atoms. The minimum atomic E-state index is -1.44. The van der Waals surface area contributed by atoms with Gasteiger partial charge in [-0.25, -0.2) is 9.59 Å². The number of aromatic amines is 1. The van der Waals surface area contributed by atoms with E-state index >= 15 is 0 Å². The molecule has 2 N–H and O–H groups in total. The molecule has 0 amide bonds. The van der Waals surface area contributed by atoms with Crippen molar-refractivity contribution in [1.29, 1.82) is 0 Å². The van der Waals surface area contributed by atoms with Gasteiger partial charge in [0.05, 0.1) is 5.39 Å². The first-order valence-electron chi connectivity index (χ1n) is 4.91. The molecule has 0 aliphatic rings. The van der Waals surface area contributed by atoms with E-state index in [0.29, 0.717) is 0 Å². The summed E-state index contributed by atoms with van der Waals surface area (Å²) in [6, 6.07) is 0.971. The maximum Gasteiger partial charge on any atom is 0.341 e. The number of hydrogen-bond acceptors (Lipinski definition) is 4. The summed E-state index contributed by atoms with van der Waals surface area (Å²) in [5.41, 5.74) is -2.67. The first-order chi connectivity index (χ1) is 8.34. The van der Waals surface area contributed by atoms with E-state index in [1.54, 1.807) is 0 Å². The molecular weight excluding hydrogens is 242 g/mol. The maximum absolute atomic E-state index is 11.8. The van der Waals surface area contributed by atoms with Crippen molar-refractivity contribution in [2.45, 2.75) is 0 Å². The number of carboxylic acids is 1. The van der Waals surface area contributed by atoms with Crippen molar-refractivity contribution in [3.8, 4) is 0 Å². The van der Waals surface area contributed by atoms with E-state index in [0.717, 1.165) is 15.2 Å². The first-order valence-corrected chi connectivity index (χ1v) is 4.91. The van der Waals surface area contributed by atoms with Crippen LogP contribution in [-0.2, 0) is 14.1 Å². The van der Waals surface area contributed by atoms with Gasteiger partial charge < -0.3 is 10.1 Å². The average molecular weight is 251 g/mol. The third kappa shape index (κ3) is 1.46. The van der Waals surface area contributed by atoms with Gasteiger partial charge in [-0.1, -0.05) is 0 Å². The summed E-state index contributed by atoms with van der Waals surface area (Å²) >= 11 is 0. The lowest BCUT2D eigenvalue weighted by molar-refractivity contribution is 0.0695. The molecule has 0 fully saturated rings. The molecule has 94 valence electrons. The number of aromatic carboxylic acids is 1. The van der Waals surface area contributed by atoms with Crippen molar-refractivity contribution in [2.24, 2.45) is 14.1 Å². The Morgan fingerprint density at radius 3 is 2.39 bits per heavy atom. The van der Waals surface area contributed by atoms with Gasteiger partial charge in [-0.3, -0.25) is 18.7 Å². The predicted molar refractivity (Wildman–Crippen MR) is 62.0 cm³/mol. The topological polar surface area (TPSA) is 114 Å². The van der Waals surface area contributed by atoms with Crippen molar-refractivity contribution < 1.29 is 9.90 Å². The van der Waals surface area contributed by atoms with Crippen LogP contribution in [0.5, 0.6) is 0 Å². The lowest BCUT2D eigenvalue weighted by Crippen LogP contribution is -2.38. The number of pyridine rings is 1. The molecule has 0 unspecified atom stereocenters. The average Bonchev–Trinajstić information content (AvgIpc) is 2.33. The summed E-state index contributed by atoms with van der Waals surface area (Å²) in [6.07, 6.45) is 0. The number of nitrogens with one attached hydrogen (secondary N) is 1. The SMILES string of the molecule is Cn1c(=O)c2cc(C(=O)O)c(=O)[nH]c2n(C)c1=O. The van der Waals surface area contributed by atoms with Crippen LogP contribution in [0, 0.1) is 0 Å². The summed E-state index contributed by atoms with van der Waals surface area (Å²) in [5, 5.41) is 8.78. The van der Waals surface area contributed by atoms with Crippen molar-refractivity contribution in [3.63, 3.8) is 0 Å². The molecule has 2 rings (SSSR count). The number of hydrogen-bond donors (Lipinski definition) is 2. The van der Waals surface area contributed by atoms with Crippen LogP contribution >= 0.6 is 0 Å². The maximum atomic E-state index is 11.8. The summed E-state index contributed by atoms with van der Waals surface area (Å²) in [6.45, 7) is 0. The van der Waals surface area contributed by atoms with E-state index in [-0.39, 0.29) is 11.0 Å². The number of aryl methyl sites for hydroxylation is 1. The highest BCUT2D eigenvalue weighted by atomic mass is 16.4. The van der Waals surface area contributed by atoms with Crippen LogP contribution in [0.1, 0.15) is 10.4 Å². The van der Waals surface area contributed by atoms with Gasteiger partial charge in [0.25, 0.3) is 11.1 Å². The Bertz CT molecular complexity index is 839. The Balaban J connectivity index is 3.14. The highest BCUT2D eigenvalue weighted by Crippen LogP contribution is 2.03. The van der Waals surface area contributed by atoms with Crippen molar-refractivity contribution in [2.75, 3.05) is 0 Å². The first kappa shape index (κ1) is 11.8. The van der Waals surface area contributed by atoms with Gasteiger partial charge in [-0.05, 0) is 6.07 Å². The molecule has 0 radical (unpaired) electrons. The third-order valence-corrected chi connectivity index (χ3v) is 2.70. The molecule has 0 atom stereocenters. The second-order valence-corrected chi connectivity index (χ2v) is 3.79. The fourth-order valence-corrected chi connectivity index (χ4v) is 1.70. The molecule has 2 aromatic rings. The predicted octanol–water partition coefficient (Wildman–Crippen LogP) is -1.38. The number of aromatic nitrogens is 3. The molecule has 2 heterocycles. The van der Waals surface area contributed by atoms with Gasteiger partial charge in [-0.15, -0.1) is 0 Å². The van der Waals surface area contributed by atoms with Crippen molar-refractivity contribution in [3.05, 3.63) is 42.8 Å². The largest absolute Gasteiger partial charge is 0.477 e. The Labute approximate surface area is 98.7 Å². The number of H-pyrrole nitrogens is 1. The third-order valence-electron chi connectivity index (χ3n) is 2.70. The summed E-state index contributed by atoms with van der Waals surface area (Å²) in [4.78, 5) is 48.0. The zero-order chi connectivity index (χ0) is 13.6. The van der Waals surface area contributed by atoms with Crippen LogP contribution in [0.4, 0.5) is 0 Å². The van der Waals surface area contributed by atoms with Crippen molar-refractivity contribution in [1.82, 2.24) is 14.1 Å². The quantitative estimate of drug-likeness (QED) is 0.648. The standard InChI is InChI=1S/C10H9N3O5/c1-12-6-4(8(15)13(2)10(12)18)3-5(9(16)17)7(14)11-6/h3H,1-2H3,(H,11,14)(H,16,17). The van der Waals surface area contributed by atoms with Gasteiger partial charge >= 0.3 is 11.7 Å². The van der Waals surface area contributed by atoms with E-state index in [2.05, 4.69) is 4.98 Å². The van der Waals surface area contributed by atoms with Crippen molar-refractivity contribution >= 4 is 17.0 Å². The fraction of sp³-hybridized carbons (Fsp3) is 0.200. The molecule has 0 aliphatic heterocycles. The number of carboxylic acid groups (broad SMARTS) is 1. The van der Waals surface area contributed by atoms with E-state index in [1.807, 2.05) is 0 Å². The second kappa shape index (κ2) is 3.69. The Hall–Kier alpha value is -2.64. The van der Waals surface area contributed by atoms with E-state index < -0.39 is 28.3 Å². The van der Waals surface area contributed by atoms with Gasteiger partial charge in [-0.2, -0.15) is 0 Å². The molecule has 0 aromatic carbocycles. The van der Waals surface area contributed by atoms with Gasteiger partial charge in [0.1, 0.15) is 11.2 Å². The van der Waals surface area contributed by atoms with Crippen LogP contribution in [0.2, 0.25) is 0 Å². The number of fused-ring (bicyclic) bond motifs is 1. The Morgan fingerprint density at radius 2 is 1.83 bits per heavy atom. The normalized spacial score (nSPS) is 10.8. The highest BCUT2D eigenvalue weighted by Gasteiger charge is 2.15. The molecule has 18 heavy (non-hydrogen) atoms. The van der Waals surface area contributed by atoms with Gasteiger partial charge in [0, 0.05) is 14.1 Å². The zero-order valence-corrected chi connectivity index (χ0v) is 9.55. The zero-order valence-electron chi connectivity index (χ0n) is 9.55. The molecule has 0 saturated heterocycles. The summed E-state index contributed by atoms with van der Waals surface area (Å²) in [5.74, 6) is -1.44. The smallest absolute Gasteiger partial charge is 0.341 e. The fourth-order valence-electron chi connectivity index (χ4n) is 1.70. The molecule has 0 aliphatic carbocycles. The molecule has 0 bridgehead atoms. The van der Waals surface area contributed by atoms with Crippen LogP contribution < -0.4 is 16.8 Å². The second-order valence-electron chi connectivity index (χ2n) is 3.79. The lowest BCUT2D eigenvalue weighted by Gasteiger charge is -2.07. The number of nitrogens with zero attached hydrogens (tertiary/aromatic N) is 2. The molecule has 8 heteroatoms. The van der Waals surface area contributed by atoms with Gasteiger partial charge in [0.15, 0.2) is 0 Å². The number of rotatable bonds is 1. The summed E-state index contributed by atoms with van der Waals surface area (Å²) < 4.78 is 1.91. The van der Waals surface area contributed by atoms with Crippen LogP contribution in [-0.4, -0.2) is 25.2 Å². The molecule has 2 aromatic heterocycles. The molecular formula is C10H9N3O5. The monoisotopic (exact) mass is 251 g/mol. The van der Waals surface area contributed by atoms with Crippen LogP contribution in [0.3, 0.4) is 0 Å². The number of carbonyl (C=O) groups is 1. The molecule has 8 nitrogen and oxygen atoms in total. The van der Waals surface area contributed by atoms with E-state index in [1.165, 1.54) is 14.1 Å². The summed E-state index contributed by atoms with van der Waals surface area (Å²) in [7, 11) is 2.65. The lowest BCUT2D eigenvalue weighted by atomic mass is 10.2.